The Kier molecular flexibility index (Phi) is 11.3. The SMILES string of the molecule is CCCCCNC(=O)CONC(=O)CCNC(=O)OCc1ccccc1. The van der Waals surface area contributed by atoms with Gasteiger partial charge in [-0.05, 0) is 12.0 Å². The van der Waals surface area contributed by atoms with Crippen LogP contribution < -0.4 is 16.1 Å². The quantitative estimate of drug-likeness (QED) is 0.386. The molecule has 3 amide bonds. The molecule has 0 aliphatic carbocycles. The molecular formula is C18H27N3O5. The molecule has 0 atom stereocenters. The molecule has 0 aliphatic rings. The Hall–Kier alpha value is -2.61. The summed E-state index contributed by atoms with van der Waals surface area (Å²) in [6, 6.07) is 9.27. The van der Waals surface area contributed by atoms with Gasteiger partial charge in [0.1, 0.15) is 6.61 Å². The highest BCUT2D eigenvalue weighted by Crippen LogP contribution is 2.00. The molecule has 1 aromatic rings. The summed E-state index contributed by atoms with van der Waals surface area (Å²) in [5.74, 6) is -0.726. The van der Waals surface area contributed by atoms with Crippen LogP contribution in [0.4, 0.5) is 4.79 Å². The summed E-state index contributed by atoms with van der Waals surface area (Å²) in [7, 11) is 0. The summed E-state index contributed by atoms with van der Waals surface area (Å²) in [5, 5.41) is 5.15. The van der Waals surface area contributed by atoms with Crippen molar-refractivity contribution in [1.29, 1.82) is 0 Å². The van der Waals surface area contributed by atoms with Gasteiger partial charge in [0, 0.05) is 19.5 Å². The maximum atomic E-state index is 11.5. The number of hydrogen-bond acceptors (Lipinski definition) is 5. The molecule has 3 N–H and O–H groups in total. The topological polar surface area (TPSA) is 106 Å². The first kappa shape index (κ1) is 21.4. The number of hydrogen-bond donors (Lipinski definition) is 3. The summed E-state index contributed by atoms with van der Waals surface area (Å²) in [5.41, 5.74) is 3.03. The van der Waals surface area contributed by atoms with E-state index >= 15 is 0 Å². The highest BCUT2D eigenvalue weighted by Gasteiger charge is 2.07. The lowest BCUT2D eigenvalue weighted by Gasteiger charge is -2.08. The number of nitrogens with one attached hydrogen (secondary N) is 3. The number of rotatable bonds is 12. The van der Waals surface area contributed by atoms with E-state index in [0.717, 1.165) is 24.8 Å². The van der Waals surface area contributed by atoms with Gasteiger partial charge in [0.15, 0.2) is 6.61 Å². The van der Waals surface area contributed by atoms with Gasteiger partial charge < -0.3 is 15.4 Å². The van der Waals surface area contributed by atoms with E-state index in [4.69, 9.17) is 9.57 Å². The number of carbonyl (C=O) groups is 3. The standard InChI is InChI=1S/C18H27N3O5/c1-2-3-7-11-19-17(23)14-26-21-16(22)10-12-20-18(24)25-13-15-8-5-4-6-9-15/h4-6,8-9H,2-3,7,10-14H2,1H3,(H,19,23)(H,20,24)(H,21,22). The van der Waals surface area contributed by atoms with Crippen LogP contribution >= 0.6 is 0 Å². The smallest absolute Gasteiger partial charge is 0.407 e. The monoisotopic (exact) mass is 365 g/mol. The summed E-state index contributed by atoms with van der Waals surface area (Å²) in [6.45, 7) is 2.70. The molecule has 0 saturated carbocycles. The van der Waals surface area contributed by atoms with Gasteiger partial charge in [0.2, 0.25) is 11.8 Å². The van der Waals surface area contributed by atoms with Gasteiger partial charge in [0.25, 0.3) is 0 Å². The third-order valence-corrected chi connectivity index (χ3v) is 3.33. The fraction of sp³-hybridized carbons (Fsp3) is 0.500. The van der Waals surface area contributed by atoms with Crippen molar-refractivity contribution in [3.63, 3.8) is 0 Å². The van der Waals surface area contributed by atoms with Crippen LogP contribution in [0, 0.1) is 0 Å². The highest BCUT2D eigenvalue weighted by molar-refractivity contribution is 5.78. The lowest BCUT2D eigenvalue weighted by molar-refractivity contribution is -0.139. The van der Waals surface area contributed by atoms with Crippen molar-refractivity contribution in [3.05, 3.63) is 35.9 Å². The molecule has 0 saturated heterocycles. The average molecular weight is 365 g/mol. The minimum absolute atomic E-state index is 0.0125. The Bertz CT molecular complexity index is 551. The van der Waals surface area contributed by atoms with Gasteiger partial charge in [-0.1, -0.05) is 50.1 Å². The van der Waals surface area contributed by atoms with Crippen molar-refractivity contribution in [3.8, 4) is 0 Å². The molecule has 0 unspecified atom stereocenters. The van der Waals surface area contributed by atoms with Crippen molar-refractivity contribution >= 4 is 17.9 Å². The Morgan fingerprint density at radius 2 is 1.73 bits per heavy atom. The van der Waals surface area contributed by atoms with Crippen LogP contribution in [0.1, 0.15) is 38.2 Å². The predicted molar refractivity (Wildman–Crippen MR) is 95.9 cm³/mol. The molecule has 8 heteroatoms. The molecule has 8 nitrogen and oxygen atoms in total. The van der Waals surface area contributed by atoms with Crippen LogP contribution in [-0.4, -0.2) is 37.6 Å². The number of ether oxygens (including phenoxy) is 1. The molecule has 26 heavy (non-hydrogen) atoms. The zero-order chi connectivity index (χ0) is 19.0. The van der Waals surface area contributed by atoms with Gasteiger partial charge in [0.05, 0.1) is 0 Å². The molecule has 0 heterocycles. The first-order valence-electron chi connectivity index (χ1n) is 8.73. The number of amides is 3. The number of hydroxylamine groups is 1. The van der Waals surface area contributed by atoms with Crippen LogP contribution in [0.15, 0.2) is 30.3 Å². The van der Waals surface area contributed by atoms with Gasteiger partial charge in [-0.25, -0.2) is 10.3 Å². The molecule has 0 aliphatic heterocycles. The van der Waals surface area contributed by atoms with Crippen LogP contribution in [0.3, 0.4) is 0 Å². The van der Waals surface area contributed by atoms with Gasteiger partial charge in [-0.2, -0.15) is 0 Å². The lowest BCUT2D eigenvalue weighted by atomic mass is 10.2. The normalized spacial score (nSPS) is 10.0. The van der Waals surface area contributed by atoms with Crippen molar-refractivity contribution < 1.29 is 24.0 Å². The number of unbranched alkanes of at least 4 members (excludes halogenated alkanes) is 2. The zero-order valence-corrected chi connectivity index (χ0v) is 15.1. The van der Waals surface area contributed by atoms with E-state index in [9.17, 15) is 14.4 Å². The second-order valence-corrected chi connectivity index (χ2v) is 5.61. The number of alkyl carbamates (subject to hydrolysis) is 1. The van der Waals surface area contributed by atoms with Crippen LogP contribution in [0.25, 0.3) is 0 Å². The van der Waals surface area contributed by atoms with Crippen LogP contribution in [0.5, 0.6) is 0 Å². The average Bonchev–Trinajstić information content (AvgIpc) is 2.64. The summed E-state index contributed by atoms with van der Waals surface area (Å²) >= 11 is 0. The summed E-state index contributed by atoms with van der Waals surface area (Å²) in [4.78, 5) is 39.3. The molecule has 1 aromatic carbocycles. The summed E-state index contributed by atoms with van der Waals surface area (Å²) in [6.07, 6.45) is 2.46. The molecule has 0 aromatic heterocycles. The molecular weight excluding hydrogens is 338 g/mol. The molecule has 0 spiro atoms. The van der Waals surface area contributed by atoms with Gasteiger partial charge >= 0.3 is 6.09 Å². The van der Waals surface area contributed by atoms with E-state index in [0.29, 0.717) is 6.54 Å². The van der Waals surface area contributed by atoms with Crippen LogP contribution in [0.2, 0.25) is 0 Å². The highest BCUT2D eigenvalue weighted by atomic mass is 16.7. The van der Waals surface area contributed by atoms with Crippen molar-refractivity contribution in [2.24, 2.45) is 0 Å². The van der Waals surface area contributed by atoms with E-state index in [1.165, 1.54) is 0 Å². The Balaban J connectivity index is 2.00. The van der Waals surface area contributed by atoms with Crippen molar-refractivity contribution in [2.45, 2.75) is 39.2 Å². The summed E-state index contributed by atoms with van der Waals surface area (Å²) < 4.78 is 5.01. The zero-order valence-electron chi connectivity index (χ0n) is 15.1. The Labute approximate surface area is 153 Å². The first-order valence-corrected chi connectivity index (χ1v) is 8.73. The lowest BCUT2D eigenvalue weighted by Crippen LogP contribution is -2.35. The van der Waals surface area contributed by atoms with Crippen molar-refractivity contribution in [1.82, 2.24) is 16.1 Å². The minimum atomic E-state index is -0.603. The molecule has 144 valence electrons. The Morgan fingerprint density at radius 1 is 0.962 bits per heavy atom. The second-order valence-electron chi connectivity index (χ2n) is 5.61. The van der Waals surface area contributed by atoms with Crippen LogP contribution in [-0.2, 0) is 25.8 Å². The Morgan fingerprint density at radius 3 is 2.46 bits per heavy atom. The maximum absolute atomic E-state index is 11.5. The molecule has 1 rings (SSSR count). The minimum Gasteiger partial charge on any atom is -0.445 e. The number of carbonyl (C=O) groups excluding carboxylic acids is 3. The van der Waals surface area contributed by atoms with E-state index < -0.39 is 12.0 Å². The first-order chi connectivity index (χ1) is 12.6. The molecule has 0 bridgehead atoms. The maximum Gasteiger partial charge on any atom is 0.407 e. The molecule has 0 fully saturated rings. The fourth-order valence-electron chi connectivity index (χ4n) is 1.94. The van der Waals surface area contributed by atoms with E-state index in [1.807, 2.05) is 30.3 Å². The van der Waals surface area contributed by atoms with E-state index in [1.54, 1.807) is 0 Å². The van der Waals surface area contributed by atoms with Crippen molar-refractivity contribution in [2.75, 3.05) is 19.7 Å². The van der Waals surface area contributed by atoms with E-state index in [2.05, 4.69) is 23.0 Å². The molecule has 0 radical (unpaired) electrons. The third kappa shape index (κ3) is 11.0. The van der Waals surface area contributed by atoms with E-state index in [-0.39, 0.29) is 32.1 Å². The third-order valence-electron chi connectivity index (χ3n) is 3.33. The fourth-order valence-corrected chi connectivity index (χ4v) is 1.94. The number of benzene rings is 1. The second kappa shape index (κ2) is 13.7. The largest absolute Gasteiger partial charge is 0.445 e. The van der Waals surface area contributed by atoms with Gasteiger partial charge in [-0.15, -0.1) is 0 Å². The predicted octanol–water partition coefficient (Wildman–Crippen LogP) is 1.66. The van der Waals surface area contributed by atoms with Gasteiger partial charge in [-0.3, -0.25) is 14.4 Å².